The van der Waals surface area contributed by atoms with Crippen LogP contribution in [0.2, 0.25) is 5.02 Å². The van der Waals surface area contributed by atoms with E-state index in [9.17, 15) is 14.7 Å². The Balaban J connectivity index is 2.75. The molecule has 0 aromatic heterocycles. The van der Waals surface area contributed by atoms with Crippen LogP contribution in [0, 0.1) is 6.92 Å². The SMILES string of the molecule is Cc1cc(O)c(C(=O)CCCC(=O)O)cc1Cl. The summed E-state index contributed by atoms with van der Waals surface area (Å²) in [5, 5.41) is 18.5. The first-order valence-corrected chi connectivity index (χ1v) is 5.53. The van der Waals surface area contributed by atoms with Crippen molar-refractivity contribution in [2.75, 3.05) is 0 Å². The Morgan fingerprint density at radius 2 is 1.94 bits per heavy atom. The van der Waals surface area contributed by atoms with Gasteiger partial charge in [-0.1, -0.05) is 11.6 Å². The summed E-state index contributed by atoms with van der Waals surface area (Å²) in [6, 6.07) is 2.84. The van der Waals surface area contributed by atoms with E-state index in [1.54, 1.807) is 6.92 Å². The number of ketones is 1. The molecule has 0 saturated carbocycles. The van der Waals surface area contributed by atoms with Gasteiger partial charge in [0.1, 0.15) is 5.75 Å². The van der Waals surface area contributed by atoms with Crippen molar-refractivity contribution < 1.29 is 19.8 Å². The molecule has 0 aliphatic carbocycles. The molecule has 5 heteroatoms. The molecule has 0 bridgehead atoms. The summed E-state index contributed by atoms with van der Waals surface area (Å²) in [6.07, 6.45) is 0.268. The largest absolute Gasteiger partial charge is 0.507 e. The summed E-state index contributed by atoms with van der Waals surface area (Å²) in [4.78, 5) is 22.0. The second kappa shape index (κ2) is 5.68. The monoisotopic (exact) mass is 256 g/mol. The van der Waals surface area contributed by atoms with Crippen molar-refractivity contribution >= 4 is 23.4 Å². The molecule has 92 valence electrons. The van der Waals surface area contributed by atoms with Crippen LogP contribution in [0.1, 0.15) is 35.2 Å². The Morgan fingerprint density at radius 1 is 1.29 bits per heavy atom. The summed E-state index contributed by atoms with van der Waals surface area (Å²) in [5.41, 5.74) is 0.831. The summed E-state index contributed by atoms with van der Waals surface area (Å²) >= 11 is 5.86. The lowest BCUT2D eigenvalue weighted by Crippen LogP contribution is -2.02. The van der Waals surface area contributed by atoms with Crippen molar-refractivity contribution in [1.29, 1.82) is 0 Å². The highest BCUT2D eigenvalue weighted by Crippen LogP contribution is 2.26. The predicted molar refractivity (Wildman–Crippen MR) is 63.7 cm³/mol. The Bertz CT molecular complexity index is 454. The first-order valence-electron chi connectivity index (χ1n) is 5.16. The van der Waals surface area contributed by atoms with Crippen LogP contribution in [0.3, 0.4) is 0 Å². The van der Waals surface area contributed by atoms with Gasteiger partial charge in [0.25, 0.3) is 0 Å². The topological polar surface area (TPSA) is 74.6 Å². The van der Waals surface area contributed by atoms with E-state index < -0.39 is 5.97 Å². The van der Waals surface area contributed by atoms with Gasteiger partial charge in [-0.2, -0.15) is 0 Å². The van der Waals surface area contributed by atoms with Crippen molar-refractivity contribution in [3.63, 3.8) is 0 Å². The molecule has 0 heterocycles. The van der Waals surface area contributed by atoms with E-state index in [0.29, 0.717) is 10.6 Å². The third kappa shape index (κ3) is 3.75. The Kier molecular flexibility index (Phi) is 4.52. The first-order chi connectivity index (χ1) is 7.91. The number of carbonyl (C=O) groups excluding carboxylic acids is 1. The van der Waals surface area contributed by atoms with Crippen LogP contribution in [-0.2, 0) is 4.79 Å². The fourth-order valence-electron chi connectivity index (χ4n) is 1.42. The van der Waals surface area contributed by atoms with Crippen molar-refractivity contribution in [3.8, 4) is 5.75 Å². The van der Waals surface area contributed by atoms with E-state index in [-0.39, 0.29) is 36.4 Å². The van der Waals surface area contributed by atoms with Crippen molar-refractivity contribution in [2.24, 2.45) is 0 Å². The predicted octanol–water partition coefficient (Wildman–Crippen LogP) is 2.79. The normalized spacial score (nSPS) is 10.2. The maximum absolute atomic E-state index is 11.7. The number of carboxylic acid groups (broad SMARTS) is 1. The fourth-order valence-corrected chi connectivity index (χ4v) is 1.59. The number of halogens is 1. The molecule has 0 unspecified atom stereocenters. The van der Waals surface area contributed by atoms with E-state index in [2.05, 4.69) is 0 Å². The molecule has 4 nitrogen and oxygen atoms in total. The number of phenolic OH excluding ortho intramolecular Hbond substituents is 1. The van der Waals surface area contributed by atoms with Gasteiger partial charge in [0.05, 0.1) is 5.56 Å². The van der Waals surface area contributed by atoms with Crippen LogP contribution in [0.25, 0.3) is 0 Å². The molecular weight excluding hydrogens is 244 g/mol. The number of hydrogen-bond donors (Lipinski definition) is 2. The van der Waals surface area contributed by atoms with E-state index in [4.69, 9.17) is 16.7 Å². The van der Waals surface area contributed by atoms with Gasteiger partial charge in [0, 0.05) is 17.9 Å². The first kappa shape index (κ1) is 13.5. The van der Waals surface area contributed by atoms with Crippen molar-refractivity contribution in [1.82, 2.24) is 0 Å². The molecule has 0 spiro atoms. The average molecular weight is 257 g/mol. The summed E-state index contributed by atoms with van der Waals surface area (Å²) < 4.78 is 0. The number of rotatable bonds is 5. The molecule has 0 atom stereocenters. The summed E-state index contributed by atoms with van der Waals surface area (Å²) in [6.45, 7) is 1.72. The second-order valence-electron chi connectivity index (χ2n) is 3.79. The number of aromatic hydroxyl groups is 1. The van der Waals surface area contributed by atoms with Crippen LogP contribution in [-0.4, -0.2) is 22.0 Å². The third-order valence-corrected chi connectivity index (χ3v) is 2.78. The van der Waals surface area contributed by atoms with Gasteiger partial charge in [0.15, 0.2) is 5.78 Å². The molecule has 0 amide bonds. The number of Topliss-reactive ketones (excluding diaryl/α,β-unsaturated/α-hetero) is 1. The smallest absolute Gasteiger partial charge is 0.303 e. The molecule has 17 heavy (non-hydrogen) atoms. The average Bonchev–Trinajstić information content (AvgIpc) is 2.22. The van der Waals surface area contributed by atoms with Crippen molar-refractivity contribution in [2.45, 2.75) is 26.2 Å². The third-order valence-electron chi connectivity index (χ3n) is 2.37. The number of phenols is 1. The molecule has 1 rings (SSSR count). The molecule has 0 fully saturated rings. The molecule has 0 aliphatic rings. The van der Waals surface area contributed by atoms with Gasteiger partial charge in [-0.3, -0.25) is 9.59 Å². The number of carbonyl (C=O) groups is 2. The maximum atomic E-state index is 11.7. The Morgan fingerprint density at radius 3 is 2.53 bits per heavy atom. The van der Waals surface area contributed by atoms with Gasteiger partial charge in [-0.25, -0.2) is 0 Å². The van der Waals surface area contributed by atoms with Crippen LogP contribution in [0.5, 0.6) is 5.75 Å². The van der Waals surface area contributed by atoms with Crippen LogP contribution >= 0.6 is 11.6 Å². The number of aliphatic carboxylic acids is 1. The molecule has 0 radical (unpaired) electrons. The Labute approximate surface area is 104 Å². The van der Waals surface area contributed by atoms with E-state index in [1.165, 1.54) is 12.1 Å². The van der Waals surface area contributed by atoms with Crippen LogP contribution in [0.15, 0.2) is 12.1 Å². The Hall–Kier alpha value is -1.55. The highest BCUT2D eigenvalue weighted by Gasteiger charge is 2.13. The second-order valence-corrected chi connectivity index (χ2v) is 4.20. The standard InChI is InChI=1S/C12H13ClO4/c1-7-5-11(15)8(6-9(7)13)10(14)3-2-4-12(16)17/h5-6,15H,2-4H2,1H3,(H,16,17). The van der Waals surface area contributed by atoms with Crippen LogP contribution in [0.4, 0.5) is 0 Å². The zero-order valence-corrected chi connectivity index (χ0v) is 10.1. The van der Waals surface area contributed by atoms with Gasteiger partial charge >= 0.3 is 5.97 Å². The van der Waals surface area contributed by atoms with E-state index in [1.807, 2.05) is 0 Å². The van der Waals surface area contributed by atoms with Gasteiger partial charge in [-0.15, -0.1) is 0 Å². The molecule has 2 N–H and O–H groups in total. The van der Waals surface area contributed by atoms with Crippen molar-refractivity contribution in [3.05, 3.63) is 28.3 Å². The highest BCUT2D eigenvalue weighted by molar-refractivity contribution is 6.31. The minimum absolute atomic E-state index is 0.0634. The minimum Gasteiger partial charge on any atom is -0.507 e. The molecular formula is C12H13ClO4. The molecule has 1 aromatic carbocycles. The van der Waals surface area contributed by atoms with Gasteiger partial charge in [0.2, 0.25) is 0 Å². The number of hydrogen-bond acceptors (Lipinski definition) is 3. The summed E-state index contributed by atoms with van der Waals surface area (Å²) in [5.74, 6) is -1.36. The zero-order valence-electron chi connectivity index (χ0n) is 9.36. The lowest BCUT2D eigenvalue weighted by Gasteiger charge is -2.06. The fraction of sp³-hybridized carbons (Fsp3) is 0.333. The lowest BCUT2D eigenvalue weighted by atomic mass is 10.0. The van der Waals surface area contributed by atoms with Gasteiger partial charge in [-0.05, 0) is 31.0 Å². The quantitative estimate of drug-likeness (QED) is 0.795. The summed E-state index contributed by atoms with van der Waals surface area (Å²) in [7, 11) is 0. The molecule has 0 aliphatic heterocycles. The van der Waals surface area contributed by atoms with E-state index >= 15 is 0 Å². The highest BCUT2D eigenvalue weighted by atomic mass is 35.5. The maximum Gasteiger partial charge on any atom is 0.303 e. The number of aryl methyl sites for hydroxylation is 1. The van der Waals surface area contributed by atoms with E-state index in [0.717, 1.165) is 0 Å². The lowest BCUT2D eigenvalue weighted by molar-refractivity contribution is -0.137. The number of benzene rings is 1. The molecule has 0 saturated heterocycles. The molecule has 1 aromatic rings. The van der Waals surface area contributed by atoms with Crippen LogP contribution < -0.4 is 0 Å². The van der Waals surface area contributed by atoms with Gasteiger partial charge < -0.3 is 10.2 Å². The minimum atomic E-state index is -0.941. The zero-order chi connectivity index (χ0) is 13.0. The number of carboxylic acids is 1.